The normalized spacial score (nSPS) is 29.9. The highest BCUT2D eigenvalue weighted by Crippen LogP contribution is 2.51. The SMILES string of the molecule is C=CCCN1CC[C@@H](C)C[C@H]1Cc1ccc(O)c(O[C@H](C)C2(OC)CCCC[C@@H]2[C@](C)(O)C(C)(C)C)c1. The van der Waals surface area contributed by atoms with Gasteiger partial charge in [0.2, 0.25) is 0 Å². The van der Waals surface area contributed by atoms with Crippen LogP contribution in [-0.4, -0.2) is 58.7 Å². The molecule has 2 fully saturated rings. The van der Waals surface area contributed by atoms with Crippen molar-refractivity contribution in [3.8, 4) is 11.5 Å². The average molecular weight is 516 g/mol. The van der Waals surface area contributed by atoms with Crippen LogP contribution in [0.2, 0.25) is 0 Å². The summed E-state index contributed by atoms with van der Waals surface area (Å²) < 4.78 is 12.8. The van der Waals surface area contributed by atoms with Crippen molar-refractivity contribution < 1.29 is 19.7 Å². The molecule has 0 amide bonds. The second-order valence-corrected chi connectivity index (χ2v) is 13.0. The number of ether oxygens (including phenoxy) is 2. The highest BCUT2D eigenvalue weighted by atomic mass is 16.5. The Morgan fingerprint density at radius 3 is 2.59 bits per heavy atom. The molecule has 6 atom stereocenters. The number of methoxy groups -OCH3 is 1. The summed E-state index contributed by atoms with van der Waals surface area (Å²) in [6.07, 6.45) is 9.84. The summed E-state index contributed by atoms with van der Waals surface area (Å²) in [5.74, 6) is 1.29. The van der Waals surface area contributed by atoms with Crippen LogP contribution in [0.4, 0.5) is 0 Å². The van der Waals surface area contributed by atoms with Gasteiger partial charge in [-0.25, -0.2) is 0 Å². The molecule has 210 valence electrons. The van der Waals surface area contributed by atoms with E-state index in [1.165, 1.54) is 18.4 Å². The van der Waals surface area contributed by atoms with Gasteiger partial charge in [-0.05, 0) is 87.9 Å². The van der Waals surface area contributed by atoms with Crippen LogP contribution in [0.3, 0.4) is 0 Å². The molecule has 0 spiro atoms. The molecule has 1 aliphatic heterocycles. The van der Waals surface area contributed by atoms with Crippen molar-refractivity contribution in [2.45, 2.75) is 116 Å². The lowest BCUT2D eigenvalue weighted by molar-refractivity contribution is -0.218. The van der Waals surface area contributed by atoms with Crippen LogP contribution in [0.1, 0.15) is 92.1 Å². The number of hydrogen-bond acceptors (Lipinski definition) is 5. The Morgan fingerprint density at radius 1 is 1.22 bits per heavy atom. The van der Waals surface area contributed by atoms with Gasteiger partial charge in [0.1, 0.15) is 11.7 Å². The zero-order valence-electron chi connectivity index (χ0n) is 24.6. The lowest BCUT2D eigenvalue weighted by atomic mass is 9.58. The number of aromatic hydroxyl groups is 1. The van der Waals surface area contributed by atoms with E-state index < -0.39 is 11.2 Å². The van der Waals surface area contributed by atoms with Crippen molar-refractivity contribution in [1.82, 2.24) is 4.90 Å². The summed E-state index contributed by atoms with van der Waals surface area (Å²) >= 11 is 0. The van der Waals surface area contributed by atoms with E-state index in [1.54, 1.807) is 13.2 Å². The third-order valence-electron chi connectivity index (χ3n) is 9.68. The first-order valence-corrected chi connectivity index (χ1v) is 14.5. The van der Waals surface area contributed by atoms with Gasteiger partial charge in [-0.3, -0.25) is 4.90 Å². The van der Waals surface area contributed by atoms with Crippen molar-refractivity contribution in [2.75, 3.05) is 20.2 Å². The van der Waals surface area contributed by atoms with Crippen molar-refractivity contribution in [3.05, 3.63) is 36.4 Å². The maximum atomic E-state index is 11.8. The van der Waals surface area contributed by atoms with Crippen LogP contribution in [0.15, 0.2) is 30.9 Å². The maximum absolute atomic E-state index is 11.8. The molecule has 3 rings (SSSR count). The minimum atomic E-state index is -0.933. The van der Waals surface area contributed by atoms with E-state index in [1.807, 2.05) is 32.1 Å². The lowest BCUT2D eigenvalue weighted by Gasteiger charge is -2.55. The van der Waals surface area contributed by atoms with Crippen molar-refractivity contribution in [1.29, 1.82) is 0 Å². The van der Waals surface area contributed by atoms with E-state index in [0.29, 0.717) is 11.8 Å². The minimum absolute atomic E-state index is 0.0822. The van der Waals surface area contributed by atoms with Gasteiger partial charge in [-0.2, -0.15) is 0 Å². The van der Waals surface area contributed by atoms with Gasteiger partial charge in [0.15, 0.2) is 11.5 Å². The number of hydrogen-bond donors (Lipinski definition) is 2. The number of rotatable bonds is 10. The first-order valence-electron chi connectivity index (χ1n) is 14.5. The van der Waals surface area contributed by atoms with Crippen molar-refractivity contribution >= 4 is 0 Å². The Labute approximate surface area is 226 Å². The molecule has 37 heavy (non-hydrogen) atoms. The maximum Gasteiger partial charge on any atom is 0.161 e. The predicted octanol–water partition coefficient (Wildman–Crippen LogP) is 6.75. The molecule has 0 aromatic heterocycles. The van der Waals surface area contributed by atoms with Crippen LogP contribution in [0, 0.1) is 17.3 Å². The van der Waals surface area contributed by atoms with E-state index in [-0.39, 0.29) is 23.2 Å². The summed E-state index contributed by atoms with van der Waals surface area (Å²) in [4.78, 5) is 2.60. The molecule has 5 nitrogen and oxygen atoms in total. The Bertz CT molecular complexity index is 891. The second kappa shape index (κ2) is 12.1. The summed E-state index contributed by atoms with van der Waals surface area (Å²) in [5, 5.41) is 22.5. The van der Waals surface area contributed by atoms with Crippen LogP contribution in [0.25, 0.3) is 0 Å². The molecule has 1 aromatic rings. The molecule has 1 aliphatic carbocycles. The van der Waals surface area contributed by atoms with E-state index in [0.717, 1.165) is 57.5 Å². The van der Waals surface area contributed by atoms with E-state index in [4.69, 9.17) is 9.47 Å². The van der Waals surface area contributed by atoms with Crippen LogP contribution < -0.4 is 4.74 Å². The first kappa shape index (κ1) is 30.0. The molecule has 1 unspecified atom stereocenters. The summed E-state index contributed by atoms with van der Waals surface area (Å²) in [5.41, 5.74) is -0.708. The Morgan fingerprint density at radius 2 is 1.95 bits per heavy atom. The quantitative estimate of drug-likeness (QED) is 0.338. The van der Waals surface area contributed by atoms with E-state index in [2.05, 4.69) is 39.2 Å². The molecule has 2 aliphatic rings. The Balaban J connectivity index is 1.84. The van der Waals surface area contributed by atoms with Gasteiger partial charge in [-0.1, -0.05) is 52.7 Å². The third-order valence-corrected chi connectivity index (χ3v) is 9.68. The van der Waals surface area contributed by atoms with Gasteiger partial charge in [0.05, 0.1) is 5.60 Å². The summed E-state index contributed by atoms with van der Waals surface area (Å²) in [6, 6.07) is 6.28. The molecular formula is C32H53NO4. The number of benzene rings is 1. The van der Waals surface area contributed by atoms with E-state index in [9.17, 15) is 10.2 Å². The summed E-state index contributed by atoms with van der Waals surface area (Å²) in [7, 11) is 1.75. The molecule has 5 heteroatoms. The molecule has 1 heterocycles. The molecule has 1 saturated heterocycles. The highest BCUT2D eigenvalue weighted by Gasteiger charge is 2.57. The standard InChI is InChI=1S/C32H53NO4/c1-9-10-18-33-19-16-23(2)20-26(33)21-25-14-15-27(34)28(22-25)37-24(3)32(36-8)17-12-11-13-29(32)31(7,35)30(4,5)6/h9,14-15,22-24,26,29,34-35H,1,10-13,16-21H2,2-8H3/t23-,24-,26+,29-,31+,32?/m1/s1. The molecule has 0 radical (unpaired) electrons. The monoisotopic (exact) mass is 515 g/mol. The molecule has 1 aromatic carbocycles. The van der Waals surface area contributed by atoms with Crippen LogP contribution >= 0.6 is 0 Å². The first-order chi connectivity index (χ1) is 17.4. The zero-order valence-corrected chi connectivity index (χ0v) is 24.6. The fourth-order valence-corrected chi connectivity index (χ4v) is 6.75. The van der Waals surface area contributed by atoms with Gasteiger partial charge >= 0.3 is 0 Å². The van der Waals surface area contributed by atoms with E-state index >= 15 is 0 Å². The summed E-state index contributed by atoms with van der Waals surface area (Å²) in [6.45, 7) is 18.7. The topological polar surface area (TPSA) is 62.2 Å². The lowest BCUT2D eigenvalue weighted by Crippen LogP contribution is -2.63. The fraction of sp³-hybridized carbons (Fsp3) is 0.750. The number of phenols is 1. The van der Waals surface area contributed by atoms with Gasteiger partial charge in [0, 0.05) is 25.6 Å². The Hall–Kier alpha value is -1.56. The number of phenolic OH excluding ortho intramolecular Hbond substituents is 1. The van der Waals surface area contributed by atoms with Gasteiger partial charge in [0.25, 0.3) is 0 Å². The minimum Gasteiger partial charge on any atom is -0.504 e. The van der Waals surface area contributed by atoms with Gasteiger partial charge < -0.3 is 19.7 Å². The molecule has 2 N–H and O–H groups in total. The largest absolute Gasteiger partial charge is 0.504 e. The molecule has 0 bridgehead atoms. The molecular weight excluding hydrogens is 462 g/mol. The highest BCUT2D eigenvalue weighted by molar-refractivity contribution is 5.42. The number of nitrogens with zero attached hydrogens (tertiary/aromatic N) is 1. The van der Waals surface area contributed by atoms with Crippen LogP contribution in [-0.2, 0) is 11.2 Å². The Kier molecular flexibility index (Phi) is 9.80. The predicted molar refractivity (Wildman–Crippen MR) is 152 cm³/mol. The average Bonchev–Trinajstić information content (AvgIpc) is 2.84. The van der Waals surface area contributed by atoms with Crippen molar-refractivity contribution in [3.63, 3.8) is 0 Å². The molecule has 1 saturated carbocycles. The number of aliphatic hydroxyl groups is 1. The third kappa shape index (κ3) is 6.54. The zero-order chi connectivity index (χ0) is 27.4. The van der Waals surface area contributed by atoms with Crippen molar-refractivity contribution in [2.24, 2.45) is 17.3 Å². The number of piperidine rings is 1. The van der Waals surface area contributed by atoms with Crippen LogP contribution in [0.5, 0.6) is 11.5 Å². The smallest absolute Gasteiger partial charge is 0.161 e. The second-order valence-electron chi connectivity index (χ2n) is 13.0. The van der Waals surface area contributed by atoms with Gasteiger partial charge in [-0.15, -0.1) is 6.58 Å². The fourth-order valence-electron chi connectivity index (χ4n) is 6.75. The number of likely N-dealkylation sites (tertiary alicyclic amines) is 1.